The highest BCUT2D eigenvalue weighted by atomic mass is 15.3. The van der Waals surface area contributed by atoms with Gasteiger partial charge in [0.2, 0.25) is 5.95 Å². The minimum atomic E-state index is 0.431. The monoisotopic (exact) mass is 231 g/mol. The number of piperazine rings is 1. The topological polar surface area (TPSA) is 56.0 Å². The maximum Gasteiger partial charge on any atom is 0.226 e. The lowest BCUT2D eigenvalue weighted by atomic mass is 10.2. The van der Waals surface area contributed by atoms with Crippen LogP contribution in [0.15, 0.2) is 12.3 Å². The van der Waals surface area contributed by atoms with Crippen molar-refractivity contribution in [3.63, 3.8) is 0 Å². The summed E-state index contributed by atoms with van der Waals surface area (Å²) < 4.78 is 0. The van der Waals surface area contributed by atoms with Gasteiger partial charge in [-0.25, -0.2) is 9.97 Å². The lowest BCUT2D eigenvalue weighted by molar-refractivity contribution is 0.198. The molecule has 5 nitrogen and oxygen atoms in total. The second-order valence-electron chi connectivity index (χ2n) is 4.28. The van der Waals surface area contributed by atoms with Gasteiger partial charge in [0.25, 0.3) is 0 Å². The van der Waals surface area contributed by atoms with E-state index in [1.54, 1.807) is 12.3 Å². The molecule has 0 spiro atoms. The van der Waals surface area contributed by atoms with Gasteiger partial charge in [-0.05, 0) is 19.5 Å². The molecule has 1 aliphatic rings. The van der Waals surface area contributed by atoms with Gasteiger partial charge >= 0.3 is 0 Å². The quantitative estimate of drug-likeness (QED) is 0.756. The number of hydrogen-bond donors (Lipinski definition) is 0. The summed E-state index contributed by atoms with van der Waals surface area (Å²) in [6.07, 6.45) is 1.65. The van der Waals surface area contributed by atoms with E-state index < -0.39 is 0 Å². The fourth-order valence-corrected chi connectivity index (χ4v) is 2.21. The molecule has 0 radical (unpaired) electrons. The average Bonchev–Trinajstić information content (AvgIpc) is 2.38. The molecule has 5 heteroatoms. The second kappa shape index (κ2) is 5.11. The van der Waals surface area contributed by atoms with Crippen molar-refractivity contribution in [3.05, 3.63) is 18.0 Å². The normalized spacial score (nSPS) is 21.2. The fraction of sp³-hybridized carbons (Fsp3) is 0.583. The van der Waals surface area contributed by atoms with Gasteiger partial charge in [-0.2, -0.15) is 5.26 Å². The molecule has 0 bridgehead atoms. The lowest BCUT2D eigenvalue weighted by Crippen LogP contribution is -2.52. The standard InChI is InChI=1S/C12H17N5/c1-3-16-6-7-17(9-10(16)2)12-14-5-4-11(8-13)15-12/h4-5,10H,3,6-7,9H2,1-2H3. The Hall–Kier alpha value is -1.67. The van der Waals surface area contributed by atoms with Crippen LogP contribution in [0.5, 0.6) is 0 Å². The summed E-state index contributed by atoms with van der Waals surface area (Å²) in [5.41, 5.74) is 0.431. The number of anilines is 1. The van der Waals surface area contributed by atoms with Gasteiger partial charge in [0.1, 0.15) is 11.8 Å². The largest absolute Gasteiger partial charge is 0.338 e. The van der Waals surface area contributed by atoms with E-state index in [-0.39, 0.29) is 0 Å². The molecule has 1 saturated heterocycles. The van der Waals surface area contributed by atoms with E-state index in [0.29, 0.717) is 17.7 Å². The summed E-state index contributed by atoms with van der Waals surface area (Å²) in [5.74, 6) is 0.673. The van der Waals surface area contributed by atoms with Crippen molar-refractivity contribution in [3.8, 4) is 6.07 Å². The summed E-state index contributed by atoms with van der Waals surface area (Å²) >= 11 is 0. The number of nitrogens with zero attached hydrogens (tertiary/aromatic N) is 5. The molecular formula is C12H17N5. The third kappa shape index (κ3) is 2.53. The Labute approximate surface area is 102 Å². The Balaban J connectivity index is 2.11. The smallest absolute Gasteiger partial charge is 0.226 e. The van der Waals surface area contributed by atoms with Gasteiger partial charge in [-0.1, -0.05) is 6.92 Å². The molecule has 0 amide bonds. The van der Waals surface area contributed by atoms with E-state index >= 15 is 0 Å². The van der Waals surface area contributed by atoms with Crippen LogP contribution in [0, 0.1) is 11.3 Å². The molecule has 0 aromatic carbocycles. The molecule has 1 unspecified atom stereocenters. The highest BCUT2D eigenvalue weighted by Gasteiger charge is 2.23. The van der Waals surface area contributed by atoms with Crippen LogP contribution < -0.4 is 4.90 Å². The van der Waals surface area contributed by atoms with Gasteiger partial charge in [0, 0.05) is 31.9 Å². The van der Waals surface area contributed by atoms with Crippen molar-refractivity contribution in [2.75, 3.05) is 31.1 Å². The molecule has 2 rings (SSSR count). The maximum atomic E-state index is 8.83. The summed E-state index contributed by atoms with van der Waals surface area (Å²) in [6, 6.07) is 4.19. The van der Waals surface area contributed by atoms with Crippen LogP contribution in [-0.2, 0) is 0 Å². The minimum Gasteiger partial charge on any atom is -0.338 e. The van der Waals surface area contributed by atoms with E-state index in [0.717, 1.165) is 26.2 Å². The second-order valence-corrected chi connectivity index (χ2v) is 4.28. The molecule has 1 aromatic rings. The zero-order chi connectivity index (χ0) is 12.3. The van der Waals surface area contributed by atoms with Crippen LogP contribution in [0.4, 0.5) is 5.95 Å². The van der Waals surface area contributed by atoms with Crippen LogP contribution >= 0.6 is 0 Å². The van der Waals surface area contributed by atoms with Crippen molar-refractivity contribution >= 4 is 5.95 Å². The number of aromatic nitrogens is 2. The third-order valence-corrected chi connectivity index (χ3v) is 3.21. The molecule has 1 aliphatic heterocycles. The van der Waals surface area contributed by atoms with Gasteiger partial charge in [0.15, 0.2) is 0 Å². The summed E-state index contributed by atoms with van der Waals surface area (Å²) in [4.78, 5) is 13.1. The van der Waals surface area contributed by atoms with E-state index in [1.807, 2.05) is 6.07 Å². The summed E-state index contributed by atoms with van der Waals surface area (Å²) in [5, 5.41) is 8.83. The van der Waals surface area contributed by atoms with Crippen LogP contribution in [0.3, 0.4) is 0 Å². The fourth-order valence-electron chi connectivity index (χ4n) is 2.21. The van der Waals surface area contributed by atoms with Gasteiger partial charge in [0.05, 0.1) is 0 Å². The van der Waals surface area contributed by atoms with Crippen molar-refractivity contribution in [2.24, 2.45) is 0 Å². The number of nitriles is 1. The summed E-state index contributed by atoms with van der Waals surface area (Å²) in [7, 11) is 0. The van der Waals surface area contributed by atoms with Gasteiger partial charge in [-0.3, -0.25) is 4.90 Å². The average molecular weight is 231 g/mol. The third-order valence-electron chi connectivity index (χ3n) is 3.21. The predicted octanol–water partition coefficient (Wildman–Crippen LogP) is 0.879. The van der Waals surface area contributed by atoms with Crippen molar-refractivity contribution in [1.29, 1.82) is 5.26 Å². The predicted molar refractivity (Wildman–Crippen MR) is 65.7 cm³/mol. The van der Waals surface area contributed by atoms with Crippen LogP contribution in [0.2, 0.25) is 0 Å². The zero-order valence-corrected chi connectivity index (χ0v) is 10.3. The first-order chi connectivity index (χ1) is 8.24. The molecule has 1 fully saturated rings. The Bertz CT molecular complexity index is 425. The molecule has 0 saturated carbocycles. The first kappa shape index (κ1) is 11.8. The van der Waals surface area contributed by atoms with E-state index in [4.69, 9.17) is 5.26 Å². The van der Waals surface area contributed by atoms with Crippen molar-refractivity contribution in [2.45, 2.75) is 19.9 Å². The molecular weight excluding hydrogens is 214 g/mol. The van der Waals surface area contributed by atoms with E-state index in [1.165, 1.54) is 0 Å². The molecule has 0 N–H and O–H groups in total. The van der Waals surface area contributed by atoms with Crippen molar-refractivity contribution in [1.82, 2.24) is 14.9 Å². The van der Waals surface area contributed by atoms with Crippen LogP contribution in [-0.4, -0.2) is 47.1 Å². The first-order valence-corrected chi connectivity index (χ1v) is 5.96. The highest BCUT2D eigenvalue weighted by Crippen LogP contribution is 2.14. The Morgan fingerprint density at radius 3 is 3.00 bits per heavy atom. The minimum absolute atomic E-state index is 0.431. The molecule has 2 heterocycles. The lowest BCUT2D eigenvalue weighted by Gasteiger charge is -2.39. The Morgan fingerprint density at radius 2 is 2.35 bits per heavy atom. The maximum absolute atomic E-state index is 8.83. The number of likely N-dealkylation sites (N-methyl/N-ethyl adjacent to an activating group) is 1. The molecule has 0 aliphatic carbocycles. The zero-order valence-electron chi connectivity index (χ0n) is 10.3. The van der Waals surface area contributed by atoms with Crippen LogP contribution in [0.1, 0.15) is 19.5 Å². The van der Waals surface area contributed by atoms with E-state index in [9.17, 15) is 0 Å². The molecule has 1 atom stereocenters. The Morgan fingerprint density at radius 1 is 1.53 bits per heavy atom. The van der Waals surface area contributed by atoms with Gasteiger partial charge in [-0.15, -0.1) is 0 Å². The summed E-state index contributed by atoms with van der Waals surface area (Å²) in [6.45, 7) is 8.34. The SMILES string of the molecule is CCN1CCN(c2nccc(C#N)n2)CC1C. The van der Waals surface area contributed by atoms with Gasteiger partial charge < -0.3 is 4.90 Å². The number of rotatable bonds is 2. The highest BCUT2D eigenvalue weighted by molar-refractivity contribution is 5.34. The molecule has 1 aromatic heterocycles. The van der Waals surface area contributed by atoms with Crippen LogP contribution in [0.25, 0.3) is 0 Å². The number of hydrogen-bond acceptors (Lipinski definition) is 5. The molecule has 90 valence electrons. The first-order valence-electron chi connectivity index (χ1n) is 5.96. The van der Waals surface area contributed by atoms with E-state index in [2.05, 4.69) is 33.6 Å². The Kier molecular flexibility index (Phi) is 3.55. The molecule has 17 heavy (non-hydrogen) atoms. The van der Waals surface area contributed by atoms with Crippen molar-refractivity contribution < 1.29 is 0 Å².